The van der Waals surface area contributed by atoms with E-state index in [4.69, 9.17) is 16.7 Å². The molecule has 0 aliphatic carbocycles. The van der Waals surface area contributed by atoms with E-state index in [1.807, 2.05) is 0 Å². The van der Waals surface area contributed by atoms with Crippen LogP contribution in [0.15, 0.2) is 53.6 Å². The zero-order valence-corrected chi connectivity index (χ0v) is 12.7. The average molecular weight is 335 g/mol. The van der Waals surface area contributed by atoms with Gasteiger partial charge in [-0.05, 0) is 23.7 Å². The van der Waals surface area contributed by atoms with Crippen molar-refractivity contribution in [2.75, 3.05) is 0 Å². The fourth-order valence-corrected chi connectivity index (χ4v) is 2.01. The van der Waals surface area contributed by atoms with Crippen molar-refractivity contribution in [3.05, 3.63) is 81.4 Å². The standard InChI is InChI=1S/C17H10FN5O2/c1-2-15(11-7-9-12(18)10-8-11)25-17(24)16(21-19)13-5-3-4-6-14(13)22-23-20/h1,3-10,15H. The largest absolute Gasteiger partial charge is 0.435 e. The molecule has 122 valence electrons. The average Bonchev–Trinajstić information content (AvgIpc) is 2.63. The van der Waals surface area contributed by atoms with Crippen molar-refractivity contribution >= 4 is 17.4 Å². The van der Waals surface area contributed by atoms with Crippen LogP contribution >= 0.6 is 0 Å². The molecule has 0 saturated carbocycles. The maximum Gasteiger partial charge on any atom is 0.423 e. The van der Waals surface area contributed by atoms with Crippen molar-refractivity contribution in [1.29, 1.82) is 0 Å². The molecule has 2 aromatic carbocycles. The molecular weight excluding hydrogens is 325 g/mol. The van der Waals surface area contributed by atoms with Crippen LogP contribution in [0.5, 0.6) is 0 Å². The second-order valence-electron chi connectivity index (χ2n) is 4.66. The molecule has 0 heterocycles. The number of halogens is 1. The summed E-state index contributed by atoms with van der Waals surface area (Å²) in [6, 6.07) is 11.1. The molecule has 0 aliphatic rings. The molecule has 25 heavy (non-hydrogen) atoms. The minimum absolute atomic E-state index is 0.0719. The highest BCUT2D eigenvalue weighted by Crippen LogP contribution is 2.22. The van der Waals surface area contributed by atoms with Crippen LogP contribution in [0.2, 0.25) is 0 Å². The Bertz CT molecular complexity index is 936. The van der Waals surface area contributed by atoms with Crippen LogP contribution in [-0.4, -0.2) is 16.5 Å². The Hall–Kier alpha value is -3.91. The number of terminal acetylenes is 1. The highest BCUT2D eigenvalue weighted by molar-refractivity contribution is 6.41. The number of hydrogen-bond donors (Lipinski definition) is 0. The van der Waals surface area contributed by atoms with E-state index in [1.54, 1.807) is 12.1 Å². The second-order valence-corrected chi connectivity index (χ2v) is 4.66. The zero-order valence-electron chi connectivity index (χ0n) is 12.7. The number of carbonyl (C=O) groups is 1. The molecule has 0 saturated heterocycles. The Labute approximate surface area is 141 Å². The normalized spacial score (nSPS) is 10.6. The van der Waals surface area contributed by atoms with Gasteiger partial charge in [-0.15, -0.1) is 6.42 Å². The first kappa shape index (κ1) is 17.4. The Morgan fingerprint density at radius 1 is 1.20 bits per heavy atom. The molecule has 7 nitrogen and oxygen atoms in total. The van der Waals surface area contributed by atoms with Gasteiger partial charge in [0, 0.05) is 10.5 Å². The molecule has 0 aliphatic heterocycles. The molecule has 8 heteroatoms. The van der Waals surface area contributed by atoms with Crippen LogP contribution in [-0.2, 0) is 9.53 Å². The third-order valence-corrected chi connectivity index (χ3v) is 3.15. The van der Waals surface area contributed by atoms with Gasteiger partial charge in [-0.2, -0.15) is 4.79 Å². The van der Waals surface area contributed by atoms with Gasteiger partial charge in [0.05, 0.1) is 11.3 Å². The van der Waals surface area contributed by atoms with Gasteiger partial charge in [0.1, 0.15) is 5.82 Å². The predicted octanol–water partition coefficient (Wildman–Crippen LogP) is 3.70. The van der Waals surface area contributed by atoms with Gasteiger partial charge in [-0.3, -0.25) is 0 Å². The van der Waals surface area contributed by atoms with Crippen LogP contribution in [0, 0.1) is 18.2 Å². The summed E-state index contributed by atoms with van der Waals surface area (Å²) in [7, 11) is 0. The molecule has 0 fully saturated rings. The second kappa shape index (κ2) is 8.09. The summed E-state index contributed by atoms with van der Waals surface area (Å²) in [5.41, 5.74) is 17.8. The summed E-state index contributed by atoms with van der Waals surface area (Å²) < 4.78 is 18.1. The lowest BCUT2D eigenvalue weighted by molar-refractivity contribution is -0.143. The van der Waals surface area contributed by atoms with E-state index < -0.39 is 23.6 Å². The highest BCUT2D eigenvalue weighted by Gasteiger charge is 2.29. The van der Waals surface area contributed by atoms with Gasteiger partial charge < -0.3 is 10.3 Å². The lowest BCUT2D eigenvalue weighted by Gasteiger charge is -2.11. The molecule has 0 aromatic heterocycles. The molecule has 0 bridgehead atoms. The lowest BCUT2D eigenvalue weighted by Crippen LogP contribution is -2.22. The van der Waals surface area contributed by atoms with Gasteiger partial charge in [-0.25, -0.2) is 9.18 Å². The first-order chi connectivity index (χ1) is 12.1. The number of hydrogen-bond acceptors (Lipinski definition) is 3. The van der Waals surface area contributed by atoms with Crippen LogP contribution in [0.3, 0.4) is 0 Å². The topological polar surface area (TPSA) is 111 Å². The summed E-state index contributed by atoms with van der Waals surface area (Å²) >= 11 is 0. The van der Waals surface area contributed by atoms with Crippen molar-refractivity contribution in [2.24, 2.45) is 5.11 Å². The third-order valence-electron chi connectivity index (χ3n) is 3.15. The number of benzene rings is 2. The molecule has 2 aromatic rings. The quantitative estimate of drug-likeness (QED) is 0.207. The third kappa shape index (κ3) is 4.09. The summed E-state index contributed by atoms with van der Waals surface area (Å²) in [6.45, 7) is 0. The van der Waals surface area contributed by atoms with Gasteiger partial charge in [0.2, 0.25) is 0 Å². The minimum Gasteiger partial charge on any atom is -0.435 e. The number of carbonyl (C=O) groups excluding carboxylic acids is 1. The fraction of sp³-hybridized carbons (Fsp3) is 0.0588. The van der Waals surface area contributed by atoms with Crippen LogP contribution in [0.4, 0.5) is 10.1 Å². The molecule has 1 atom stereocenters. The molecule has 0 spiro atoms. The highest BCUT2D eigenvalue weighted by atomic mass is 19.1. The van der Waals surface area contributed by atoms with Crippen molar-refractivity contribution in [3.63, 3.8) is 0 Å². The van der Waals surface area contributed by atoms with E-state index in [0.717, 1.165) is 0 Å². The van der Waals surface area contributed by atoms with E-state index in [9.17, 15) is 14.7 Å². The Balaban J connectivity index is 2.32. The SMILES string of the molecule is C#CC(OC(=O)C(=[N+]=[N-])c1ccccc1N=[N+]=[N-])c1ccc(F)cc1. The van der Waals surface area contributed by atoms with Crippen LogP contribution in [0.25, 0.3) is 16.0 Å². The Morgan fingerprint density at radius 3 is 2.48 bits per heavy atom. The van der Waals surface area contributed by atoms with Crippen molar-refractivity contribution in [2.45, 2.75) is 6.10 Å². The van der Waals surface area contributed by atoms with E-state index in [-0.39, 0.29) is 11.3 Å². The maximum atomic E-state index is 13.0. The van der Waals surface area contributed by atoms with Gasteiger partial charge >= 0.3 is 11.7 Å². The predicted molar refractivity (Wildman–Crippen MR) is 87.0 cm³/mol. The van der Waals surface area contributed by atoms with Gasteiger partial charge in [-0.1, -0.05) is 41.4 Å². The first-order valence-corrected chi connectivity index (χ1v) is 6.89. The molecule has 0 amide bonds. The van der Waals surface area contributed by atoms with Crippen molar-refractivity contribution in [3.8, 4) is 12.3 Å². The summed E-state index contributed by atoms with van der Waals surface area (Å²) in [6.07, 6.45) is 4.24. The smallest absolute Gasteiger partial charge is 0.423 e. The van der Waals surface area contributed by atoms with Gasteiger partial charge in [0.25, 0.3) is 0 Å². The van der Waals surface area contributed by atoms with E-state index in [0.29, 0.717) is 5.56 Å². The zero-order chi connectivity index (χ0) is 18.2. The van der Waals surface area contributed by atoms with Crippen LogP contribution in [0.1, 0.15) is 17.2 Å². The number of esters is 1. The molecular formula is C17H10FN5O2. The van der Waals surface area contributed by atoms with Crippen molar-refractivity contribution < 1.29 is 18.7 Å². The number of ether oxygens (including phenoxy) is 1. The Kier molecular flexibility index (Phi) is 5.64. The minimum atomic E-state index is -1.11. The lowest BCUT2D eigenvalue weighted by atomic mass is 10.1. The number of azide groups is 1. The number of nitrogens with zero attached hydrogens (tertiary/aromatic N) is 5. The van der Waals surface area contributed by atoms with Crippen LogP contribution < -0.4 is 0 Å². The van der Waals surface area contributed by atoms with E-state index in [1.165, 1.54) is 36.4 Å². The molecule has 1 unspecified atom stereocenters. The fourth-order valence-electron chi connectivity index (χ4n) is 2.01. The number of rotatable bonds is 5. The summed E-state index contributed by atoms with van der Waals surface area (Å²) in [5.74, 6) is 0.757. The van der Waals surface area contributed by atoms with Crippen molar-refractivity contribution in [1.82, 2.24) is 0 Å². The Morgan fingerprint density at radius 2 is 1.88 bits per heavy atom. The molecule has 2 rings (SSSR count). The molecule has 0 radical (unpaired) electrons. The first-order valence-electron chi connectivity index (χ1n) is 6.89. The summed E-state index contributed by atoms with van der Waals surface area (Å²) in [5, 5.41) is 3.42. The van der Waals surface area contributed by atoms with E-state index in [2.05, 4.69) is 20.7 Å². The monoisotopic (exact) mass is 335 g/mol. The van der Waals surface area contributed by atoms with E-state index >= 15 is 0 Å². The maximum absolute atomic E-state index is 13.0. The van der Waals surface area contributed by atoms with Gasteiger partial charge in [0.15, 0.2) is 6.10 Å². The summed E-state index contributed by atoms with van der Waals surface area (Å²) in [4.78, 5) is 17.9. The molecule has 0 N–H and O–H groups in total.